The molecule has 1 N–H and O–H groups in total. The quantitative estimate of drug-likeness (QED) is 0.885. The van der Waals surface area contributed by atoms with Crippen LogP contribution in [-0.2, 0) is 16.0 Å². The van der Waals surface area contributed by atoms with Gasteiger partial charge in [-0.05, 0) is 35.7 Å². The normalized spacial score (nSPS) is 19.3. The number of hydrogen-bond acceptors (Lipinski definition) is 3. The SMILES string of the molecule is O=C(N[C@@H]1CCS(=O)(=O)C1)c1ccccc1-c1ccc(C(F)(F)F)cc1. The molecule has 2 aromatic carbocycles. The fourth-order valence-electron chi connectivity index (χ4n) is 2.94. The van der Waals surface area contributed by atoms with E-state index in [0.29, 0.717) is 17.5 Å². The highest BCUT2D eigenvalue weighted by atomic mass is 32.2. The minimum Gasteiger partial charge on any atom is -0.348 e. The molecule has 3 rings (SSSR count). The van der Waals surface area contributed by atoms with Crippen LogP contribution >= 0.6 is 0 Å². The Labute approximate surface area is 149 Å². The first-order chi connectivity index (χ1) is 12.2. The van der Waals surface area contributed by atoms with Crippen molar-refractivity contribution >= 4 is 15.7 Å². The summed E-state index contributed by atoms with van der Waals surface area (Å²) in [6.07, 6.45) is -4.07. The molecule has 1 amide bonds. The van der Waals surface area contributed by atoms with Crippen LogP contribution in [0.4, 0.5) is 13.2 Å². The summed E-state index contributed by atoms with van der Waals surface area (Å²) in [4.78, 5) is 12.5. The summed E-state index contributed by atoms with van der Waals surface area (Å²) in [5.74, 6) is -0.498. The zero-order chi connectivity index (χ0) is 18.9. The number of rotatable bonds is 3. The third kappa shape index (κ3) is 4.07. The standard InChI is InChI=1S/C18H16F3NO3S/c19-18(20,21)13-7-5-12(6-8-13)15-3-1-2-4-16(15)17(23)22-14-9-10-26(24,25)11-14/h1-8,14H,9-11H2,(H,22,23)/t14-/m1/s1. The van der Waals surface area contributed by atoms with E-state index in [9.17, 15) is 26.4 Å². The highest BCUT2D eigenvalue weighted by Gasteiger charge is 2.31. The van der Waals surface area contributed by atoms with Crippen molar-refractivity contribution in [3.63, 3.8) is 0 Å². The number of nitrogens with one attached hydrogen (secondary N) is 1. The Kier molecular flexibility index (Phi) is 4.79. The van der Waals surface area contributed by atoms with Crippen molar-refractivity contribution in [2.45, 2.75) is 18.6 Å². The van der Waals surface area contributed by atoms with Gasteiger partial charge in [0.15, 0.2) is 9.84 Å². The average Bonchev–Trinajstić information content (AvgIpc) is 2.92. The van der Waals surface area contributed by atoms with E-state index in [2.05, 4.69) is 5.32 Å². The van der Waals surface area contributed by atoms with E-state index in [1.807, 2.05) is 0 Å². The second-order valence-corrected chi connectivity index (χ2v) is 8.42. The molecule has 1 aliphatic heterocycles. The third-order valence-corrected chi connectivity index (χ3v) is 6.03. The zero-order valence-corrected chi connectivity index (χ0v) is 14.4. The van der Waals surface area contributed by atoms with Crippen LogP contribution in [0.5, 0.6) is 0 Å². The van der Waals surface area contributed by atoms with E-state index in [-0.39, 0.29) is 17.1 Å². The first-order valence-corrected chi connectivity index (χ1v) is 9.76. The lowest BCUT2D eigenvalue weighted by Gasteiger charge is -2.14. The molecule has 26 heavy (non-hydrogen) atoms. The molecular formula is C18H16F3NO3S. The van der Waals surface area contributed by atoms with E-state index in [0.717, 1.165) is 12.1 Å². The Morgan fingerprint density at radius 1 is 1.04 bits per heavy atom. The van der Waals surface area contributed by atoms with Crippen molar-refractivity contribution in [3.8, 4) is 11.1 Å². The van der Waals surface area contributed by atoms with Crippen molar-refractivity contribution < 1.29 is 26.4 Å². The van der Waals surface area contributed by atoms with E-state index in [4.69, 9.17) is 0 Å². The molecule has 1 aliphatic rings. The first-order valence-electron chi connectivity index (χ1n) is 7.94. The molecule has 1 saturated heterocycles. The van der Waals surface area contributed by atoms with Crippen LogP contribution in [0.15, 0.2) is 48.5 Å². The third-order valence-electron chi connectivity index (χ3n) is 4.26. The Balaban J connectivity index is 1.85. The number of sulfone groups is 1. The van der Waals surface area contributed by atoms with Crippen LogP contribution in [0.1, 0.15) is 22.3 Å². The number of benzene rings is 2. The number of carbonyl (C=O) groups excluding carboxylic acids is 1. The molecule has 1 heterocycles. The van der Waals surface area contributed by atoms with Gasteiger partial charge >= 0.3 is 6.18 Å². The second-order valence-electron chi connectivity index (χ2n) is 6.19. The molecule has 1 atom stereocenters. The average molecular weight is 383 g/mol. The summed E-state index contributed by atoms with van der Waals surface area (Å²) >= 11 is 0. The Morgan fingerprint density at radius 2 is 1.69 bits per heavy atom. The van der Waals surface area contributed by atoms with Crippen molar-refractivity contribution in [1.29, 1.82) is 0 Å². The lowest BCUT2D eigenvalue weighted by molar-refractivity contribution is -0.137. The predicted molar refractivity (Wildman–Crippen MR) is 91.4 cm³/mol. The van der Waals surface area contributed by atoms with Gasteiger partial charge in [0.05, 0.1) is 17.1 Å². The molecule has 0 unspecified atom stereocenters. The summed E-state index contributed by atoms with van der Waals surface area (Å²) in [6.45, 7) is 0. The number of alkyl halides is 3. The fourth-order valence-corrected chi connectivity index (χ4v) is 4.62. The summed E-state index contributed by atoms with van der Waals surface area (Å²) < 4.78 is 61.2. The van der Waals surface area contributed by atoms with Crippen LogP contribution in [0.25, 0.3) is 11.1 Å². The van der Waals surface area contributed by atoms with Gasteiger partial charge in [0.1, 0.15) is 0 Å². The summed E-state index contributed by atoms with van der Waals surface area (Å²) in [6, 6.07) is 10.6. The van der Waals surface area contributed by atoms with Crippen molar-refractivity contribution in [2.24, 2.45) is 0 Å². The number of hydrogen-bond donors (Lipinski definition) is 1. The van der Waals surface area contributed by atoms with Gasteiger partial charge in [0.25, 0.3) is 5.91 Å². The number of carbonyl (C=O) groups is 1. The maximum atomic E-state index is 12.7. The molecule has 0 spiro atoms. The van der Waals surface area contributed by atoms with Gasteiger partial charge in [-0.2, -0.15) is 13.2 Å². The lowest BCUT2D eigenvalue weighted by atomic mass is 9.98. The summed E-state index contributed by atoms with van der Waals surface area (Å²) in [7, 11) is -3.13. The van der Waals surface area contributed by atoms with Crippen LogP contribution in [0.3, 0.4) is 0 Å². The summed E-state index contributed by atoms with van der Waals surface area (Å²) in [5, 5.41) is 2.70. The predicted octanol–water partition coefficient (Wildman–Crippen LogP) is 3.29. The molecule has 8 heteroatoms. The lowest BCUT2D eigenvalue weighted by Crippen LogP contribution is -2.35. The molecule has 4 nitrogen and oxygen atoms in total. The Morgan fingerprint density at radius 3 is 2.27 bits per heavy atom. The van der Waals surface area contributed by atoms with Crippen molar-refractivity contribution in [2.75, 3.05) is 11.5 Å². The molecule has 2 aromatic rings. The number of amides is 1. The maximum absolute atomic E-state index is 12.7. The largest absolute Gasteiger partial charge is 0.416 e. The van der Waals surface area contributed by atoms with E-state index < -0.39 is 33.5 Å². The van der Waals surface area contributed by atoms with E-state index >= 15 is 0 Å². The van der Waals surface area contributed by atoms with E-state index in [1.54, 1.807) is 24.3 Å². The van der Waals surface area contributed by atoms with Gasteiger partial charge in [-0.25, -0.2) is 8.42 Å². The van der Waals surface area contributed by atoms with Gasteiger partial charge < -0.3 is 5.32 Å². The van der Waals surface area contributed by atoms with Crippen LogP contribution in [0, 0.1) is 0 Å². The van der Waals surface area contributed by atoms with Gasteiger partial charge in [0, 0.05) is 11.6 Å². The highest BCUT2D eigenvalue weighted by molar-refractivity contribution is 7.91. The van der Waals surface area contributed by atoms with Gasteiger partial charge in [0.2, 0.25) is 0 Å². The summed E-state index contributed by atoms with van der Waals surface area (Å²) in [5.41, 5.74) is 0.485. The Hall–Kier alpha value is -2.35. The van der Waals surface area contributed by atoms with E-state index in [1.165, 1.54) is 12.1 Å². The van der Waals surface area contributed by atoms with Crippen molar-refractivity contribution in [3.05, 3.63) is 59.7 Å². The Bertz CT molecular complexity index is 921. The molecule has 0 radical (unpaired) electrons. The van der Waals surface area contributed by atoms with Crippen molar-refractivity contribution in [1.82, 2.24) is 5.32 Å². The number of halogens is 3. The van der Waals surface area contributed by atoms with Gasteiger partial charge in [-0.15, -0.1) is 0 Å². The van der Waals surface area contributed by atoms with Crippen LogP contribution in [-0.4, -0.2) is 31.9 Å². The second kappa shape index (κ2) is 6.75. The van der Waals surface area contributed by atoms with Gasteiger partial charge in [-0.3, -0.25) is 4.79 Å². The molecule has 1 fully saturated rings. The molecule has 0 bridgehead atoms. The van der Waals surface area contributed by atoms with Crippen LogP contribution < -0.4 is 5.32 Å². The highest BCUT2D eigenvalue weighted by Crippen LogP contribution is 2.32. The fraction of sp³-hybridized carbons (Fsp3) is 0.278. The first kappa shape index (κ1) is 18.4. The molecule has 138 valence electrons. The molecule has 0 saturated carbocycles. The topological polar surface area (TPSA) is 63.2 Å². The smallest absolute Gasteiger partial charge is 0.348 e. The minimum absolute atomic E-state index is 0.0402. The van der Waals surface area contributed by atoms with Gasteiger partial charge in [-0.1, -0.05) is 30.3 Å². The molecule has 0 aliphatic carbocycles. The maximum Gasteiger partial charge on any atom is 0.416 e. The van der Waals surface area contributed by atoms with Crippen LogP contribution in [0.2, 0.25) is 0 Å². The molecule has 0 aromatic heterocycles. The monoisotopic (exact) mass is 383 g/mol. The molecular weight excluding hydrogens is 367 g/mol. The zero-order valence-electron chi connectivity index (χ0n) is 13.6. The minimum atomic E-state index is -4.43.